The number of methoxy groups -OCH3 is 1. The molecule has 1 heterocycles. The van der Waals surface area contributed by atoms with E-state index in [1.165, 1.54) is 43.6 Å². The van der Waals surface area contributed by atoms with Crippen LogP contribution in [0.4, 0.5) is 30.5 Å². The molecule has 182 valence electrons. The minimum Gasteiger partial charge on any atom is -0.507 e. The van der Waals surface area contributed by atoms with E-state index in [1.807, 2.05) is 0 Å². The van der Waals surface area contributed by atoms with Crippen LogP contribution in [0, 0.1) is 17.5 Å². The van der Waals surface area contributed by atoms with E-state index in [0.717, 1.165) is 18.2 Å². The van der Waals surface area contributed by atoms with Gasteiger partial charge in [0.25, 0.3) is 5.91 Å². The number of aromatic nitrogens is 2. The van der Waals surface area contributed by atoms with Gasteiger partial charge in [0.2, 0.25) is 5.95 Å². The summed E-state index contributed by atoms with van der Waals surface area (Å²) in [5, 5.41) is 15.9. The van der Waals surface area contributed by atoms with Crippen LogP contribution in [0.5, 0.6) is 5.75 Å². The van der Waals surface area contributed by atoms with Gasteiger partial charge in [0, 0.05) is 35.3 Å². The standard InChI is InChI=1S/C26H19F3N4O3/c1-36-24-8-6-18(13-22(24)29)32-26-30-10-9-19(33-26)14-23(34)15-3-2-4-17(11-15)31-25(35)20-12-16(27)5-7-21(20)28/h2-14,34H,1H3,(H,31,35)(H,30,32,33). The van der Waals surface area contributed by atoms with Crippen LogP contribution in [0.2, 0.25) is 0 Å². The van der Waals surface area contributed by atoms with Crippen molar-refractivity contribution >= 4 is 35.1 Å². The van der Waals surface area contributed by atoms with Gasteiger partial charge >= 0.3 is 0 Å². The Morgan fingerprint density at radius 1 is 0.972 bits per heavy atom. The zero-order valence-electron chi connectivity index (χ0n) is 18.8. The van der Waals surface area contributed by atoms with E-state index in [1.54, 1.807) is 24.3 Å². The van der Waals surface area contributed by atoms with Crippen molar-refractivity contribution in [1.82, 2.24) is 9.97 Å². The molecule has 0 bridgehead atoms. The molecule has 0 saturated carbocycles. The molecule has 0 atom stereocenters. The van der Waals surface area contributed by atoms with E-state index in [-0.39, 0.29) is 23.1 Å². The number of amides is 1. The highest BCUT2D eigenvalue weighted by molar-refractivity contribution is 6.04. The third-order valence-electron chi connectivity index (χ3n) is 4.96. The second kappa shape index (κ2) is 10.6. The maximum Gasteiger partial charge on any atom is 0.258 e. The fraction of sp³-hybridized carbons (Fsp3) is 0.0385. The third-order valence-corrected chi connectivity index (χ3v) is 4.96. The number of hydrogen-bond donors (Lipinski definition) is 3. The summed E-state index contributed by atoms with van der Waals surface area (Å²) < 4.78 is 46.1. The second-order valence-corrected chi connectivity index (χ2v) is 7.47. The van der Waals surface area contributed by atoms with E-state index < -0.39 is 28.9 Å². The lowest BCUT2D eigenvalue weighted by atomic mass is 10.1. The van der Waals surface area contributed by atoms with Crippen LogP contribution in [0.1, 0.15) is 21.6 Å². The summed E-state index contributed by atoms with van der Waals surface area (Å²) >= 11 is 0. The molecule has 1 aromatic heterocycles. The second-order valence-electron chi connectivity index (χ2n) is 7.47. The lowest BCUT2D eigenvalue weighted by molar-refractivity contribution is 0.102. The first-order chi connectivity index (χ1) is 17.3. The van der Waals surface area contributed by atoms with Gasteiger partial charge in [-0.3, -0.25) is 4.79 Å². The molecule has 1 amide bonds. The third kappa shape index (κ3) is 5.79. The number of aliphatic hydroxyl groups is 1. The van der Waals surface area contributed by atoms with Crippen molar-refractivity contribution < 1.29 is 27.8 Å². The average molecular weight is 492 g/mol. The monoisotopic (exact) mass is 492 g/mol. The Labute approximate surface area is 203 Å². The predicted octanol–water partition coefficient (Wildman–Crippen LogP) is 5.95. The van der Waals surface area contributed by atoms with Crippen molar-refractivity contribution in [3.63, 3.8) is 0 Å². The first-order valence-electron chi connectivity index (χ1n) is 10.5. The van der Waals surface area contributed by atoms with Gasteiger partial charge in [-0.2, -0.15) is 0 Å². The normalized spacial score (nSPS) is 11.2. The molecule has 3 aromatic carbocycles. The van der Waals surface area contributed by atoms with Gasteiger partial charge in [0.15, 0.2) is 11.6 Å². The number of carbonyl (C=O) groups is 1. The van der Waals surface area contributed by atoms with Crippen LogP contribution in [0.3, 0.4) is 0 Å². The SMILES string of the molecule is COc1ccc(Nc2nccc(C=C(O)c3cccc(NC(=O)c4cc(F)ccc4F)c3)n2)cc1F. The number of nitrogens with one attached hydrogen (secondary N) is 2. The first kappa shape index (κ1) is 24.3. The highest BCUT2D eigenvalue weighted by Crippen LogP contribution is 2.23. The van der Waals surface area contributed by atoms with Crippen LogP contribution in [0.15, 0.2) is 72.9 Å². The summed E-state index contributed by atoms with van der Waals surface area (Å²) in [6.45, 7) is 0. The van der Waals surface area contributed by atoms with E-state index in [9.17, 15) is 23.1 Å². The molecule has 36 heavy (non-hydrogen) atoms. The number of carbonyl (C=O) groups excluding carboxylic acids is 1. The summed E-state index contributed by atoms with van der Waals surface area (Å²) in [6.07, 6.45) is 2.83. The van der Waals surface area contributed by atoms with Gasteiger partial charge < -0.3 is 20.5 Å². The molecule has 0 saturated heterocycles. The number of anilines is 3. The molecule has 0 radical (unpaired) electrons. The minimum absolute atomic E-state index is 0.0996. The molecule has 0 unspecified atom stereocenters. The topological polar surface area (TPSA) is 96.4 Å². The van der Waals surface area contributed by atoms with Crippen molar-refractivity contribution in [3.8, 4) is 5.75 Å². The summed E-state index contributed by atoms with van der Waals surface area (Å²) in [4.78, 5) is 20.7. The zero-order chi connectivity index (χ0) is 25.7. The van der Waals surface area contributed by atoms with Crippen molar-refractivity contribution in [2.24, 2.45) is 0 Å². The summed E-state index contributed by atoms with van der Waals surface area (Å²) in [5.41, 5.74) is 0.885. The predicted molar refractivity (Wildman–Crippen MR) is 130 cm³/mol. The van der Waals surface area contributed by atoms with Gasteiger partial charge in [0.05, 0.1) is 18.4 Å². The van der Waals surface area contributed by atoms with Crippen molar-refractivity contribution in [3.05, 3.63) is 107 Å². The fourth-order valence-electron chi connectivity index (χ4n) is 3.24. The first-order valence-corrected chi connectivity index (χ1v) is 10.5. The highest BCUT2D eigenvalue weighted by atomic mass is 19.1. The average Bonchev–Trinajstić information content (AvgIpc) is 2.86. The molecule has 0 aliphatic carbocycles. The molecule has 0 fully saturated rings. The van der Waals surface area contributed by atoms with Crippen LogP contribution in [-0.4, -0.2) is 28.1 Å². The van der Waals surface area contributed by atoms with Crippen molar-refractivity contribution in [2.75, 3.05) is 17.7 Å². The van der Waals surface area contributed by atoms with Crippen LogP contribution in [-0.2, 0) is 0 Å². The molecule has 0 spiro atoms. The Morgan fingerprint density at radius 2 is 1.81 bits per heavy atom. The Balaban J connectivity index is 1.51. The van der Waals surface area contributed by atoms with Crippen LogP contribution >= 0.6 is 0 Å². The summed E-state index contributed by atoms with van der Waals surface area (Å²) in [7, 11) is 1.37. The van der Waals surface area contributed by atoms with Gasteiger partial charge in [0.1, 0.15) is 17.4 Å². The smallest absolute Gasteiger partial charge is 0.258 e. The quantitative estimate of drug-likeness (QED) is 0.276. The lowest BCUT2D eigenvalue weighted by Crippen LogP contribution is -2.14. The fourth-order valence-corrected chi connectivity index (χ4v) is 3.24. The van der Waals surface area contributed by atoms with Gasteiger partial charge in [-0.05, 0) is 48.5 Å². The maximum absolute atomic E-state index is 13.9. The Bertz CT molecular complexity index is 1460. The molecular formula is C26H19F3N4O3. The largest absolute Gasteiger partial charge is 0.507 e. The molecule has 0 aliphatic rings. The molecule has 3 N–H and O–H groups in total. The molecule has 4 aromatic rings. The van der Waals surface area contributed by atoms with E-state index >= 15 is 0 Å². The molecule has 7 nitrogen and oxygen atoms in total. The van der Waals surface area contributed by atoms with Crippen LogP contribution in [0.25, 0.3) is 11.8 Å². The van der Waals surface area contributed by atoms with Crippen molar-refractivity contribution in [2.45, 2.75) is 0 Å². The van der Waals surface area contributed by atoms with E-state index in [4.69, 9.17) is 4.74 Å². The van der Waals surface area contributed by atoms with E-state index in [0.29, 0.717) is 16.9 Å². The van der Waals surface area contributed by atoms with Crippen molar-refractivity contribution in [1.29, 1.82) is 0 Å². The Kier molecular flexibility index (Phi) is 7.15. The highest BCUT2D eigenvalue weighted by Gasteiger charge is 2.14. The summed E-state index contributed by atoms with van der Waals surface area (Å²) in [5.74, 6) is -2.91. The molecule has 0 aliphatic heterocycles. The molecule has 10 heteroatoms. The molecule has 4 rings (SSSR count). The maximum atomic E-state index is 13.9. The number of halogens is 3. The van der Waals surface area contributed by atoms with Gasteiger partial charge in [-0.25, -0.2) is 23.1 Å². The van der Waals surface area contributed by atoms with E-state index in [2.05, 4.69) is 20.6 Å². The Hall–Kier alpha value is -4.86. The minimum atomic E-state index is -0.863. The number of ether oxygens (including phenoxy) is 1. The molecular weight excluding hydrogens is 473 g/mol. The number of nitrogens with zero attached hydrogens (tertiary/aromatic N) is 2. The number of hydrogen-bond acceptors (Lipinski definition) is 6. The van der Waals surface area contributed by atoms with Crippen LogP contribution < -0.4 is 15.4 Å². The number of aliphatic hydroxyl groups excluding tert-OH is 1. The van der Waals surface area contributed by atoms with Gasteiger partial charge in [-0.15, -0.1) is 0 Å². The zero-order valence-corrected chi connectivity index (χ0v) is 18.8. The number of rotatable bonds is 7. The van der Waals surface area contributed by atoms with Gasteiger partial charge in [-0.1, -0.05) is 12.1 Å². The number of benzene rings is 3. The Morgan fingerprint density at radius 3 is 2.58 bits per heavy atom. The summed E-state index contributed by atoms with van der Waals surface area (Å²) in [6, 6.07) is 14.6. The lowest BCUT2D eigenvalue weighted by Gasteiger charge is -2.09.